The molecule has 0 atom stereocenters. The van der Waals surface area contributed by atoms with E-state index in [4.69, 9.17) is 0 Å². The first kappa shape index (κ1) is 15.4. The number of benzene rings is 5. The summed E-state index contributed by atoms with van der Waals surface area (Å²) in [4.78, 5) is 0. The van der Waals surface area contributed by atoms with E-state index < -0.39 is 28.7 Å². The van der Waals surface area contributed by atoms with Crippen LogP contribution >= 0.6 is 0 Å². The summed E-state index contributed by atoms with van der Waals surface area (Å²) in [5.41, 5.74) is 0.294. The molecular weight excluding hydrogens is 344 g/mol. The van der Waals surface area contributed by atoms with Crippen molar-refractivity contribution >= 4 is 32.3 Å². The maximum absolute atomic E-state index is 10.4. The molecule has 5 rings (SSSR count). The predicted octanol–water partition coefficient (Wildman–Crippen LogP) is 4.78. The third kappa shape index (κ3) is 1.88. The van der Waals surface area contributed by atoms with E-state index in [0.717, 1.165) is 32.3 Å². The number of rotatable bonds is 1. The third-order valence-electron chi connectivity index (χ3n) is 5.17. The molecule has 0 saturated heterocycles. The lowest BCUT2D eigenvalue weighted by Gasteiger charge is -2.17. The normalized spacial score (nSPS) is 11.7. The minimum absolute atomic E-state index is 0.138. The Hall–Kier alpha value is -3.86. The minimum atomic E-state index is -0.966. The summed E-state index contributed by atoms with van der Waals surface area (Å²) in [5, 5.41) is 56.1. The molecular formula is C22H14O5. The largest absolute Gasteiger partial charge is 0.504 e. The Morgan fingerprint density at radius 1 is 0.444 bits per heavy atom. The Labute approximate surface area is 152 Å². The molecule has 132 valence electrons. The van der Waals surface area contributed by atoms with Crippen LogP contribution in [0.3, 0.4) is 0 Å². The number of phenolic OH excluding ortho intramolecular Hbond substituents is 5. The van der Waals surface area contributed by atoms with Gasteiger partial charge in [-0.1, -0.05) is 54.6 Å². The van der Waals surface area contributed by atoms with Crippen molar-refractivity contribution in [2.24, 2.45) is 0 Å². The van der Waals surface area contributed by atoms with Crippen LogP contribution in [0.25, 0.3) is 43.4 Å². The Balaban J connectivity index is 1.99. The first-order valence-corrected chi connectivity index (χ1v) is 8.34. The van der Waals surface area contributed by atoms with Gasteiger partial charge in [0.25, 0.3) is 0 Å². The molecule has 27 heavy (non-hydrogen) atoms. The lowest BCUT2D eigenvalue weighted by molar-refractivity contribution is 0.330. The Bertz CT molecular complexity index is 1330. The quantitative estimate of drug-likeness (QED) is 0.169. The molecule has 0 heterocycles. The molecule has 5 aromatic rings. The van der Waals surface area contributed by atoms with Crippen molar-refractivity contribution in [3.63, 3.8) is 0 Å². The van der Waals surface area contributed by atoms with Crippen LogP contribution in [0.15, 0.2) is 54.6 Å². The molecule has 5 nitrogen and oxygen atoms in total. The monoisotopic (exact) mass is 358 g/mol. The number of aromatic hydroxyl groups is 5. The van der Waals surface area contributed by atoms with Crippen LogP contribution in [0.5, 0.6) is 28.7 Å². The summed E-state index contributed by atoms with van der Waals surface area (Å²) in [5.74, 6) is -4.13. The molecule has 5 aromatic carbocycles. The second-order valence-electron chi connectivity index (χ2n) is 6.59. The summed E-state index contributed by atoms with van der Waals surface area (Å²) in [6.07, 6.45) is 0. The zero-order valence-electron chi connectivity index (χ0n) is 13.9. The molecule has 0 unspecified atom stereocenters. The van der Waals surface area contributed by atoms with Crippen LogP contribution in [-0.2, 0) is 0 Å². The van der Waals surface area contributed by atoms with Crippen LogP contribution in [-0.4, -0.2) is 25.5 Å². The van der Waals surface area contributed by atoms with E-state index >= 15 is 0 Å². The highest BCUT2D eigenvalue weighted by Crippen LogP contribution is 2.56. The van der Waals surface area contributed by atoms with E-state index in [1.165, 1.54) is 0 Å². The number of hydrogen-bond donors (Lipinski definition) is 5. The van der Waals surface area contributed by atoms with Crippen molar-refractivity contribution in [3.8, 4) is 39.9 Å². The highest BCUT2D eigenvalue weighted by Gasteiger charge is 2.25. The molecule has 0 aliphatic carbocycles. The van der Waals surface area contributed by atoms with E-state index in [-0.39, 0.29) is 5.56 Å². The molecule has 0 aliphatic rings. The molecule has 0 amide bonds. The van der Waals surface area contributed by atoms with Gasteiger partial charge in [-0.3, -0.25) is 0 Å². The van der Waals surface area contributed by atoms with Gasteiger partial charge in [0.1, 0.15) is 0 Å². The zero-order valence-corrected chi connectivity index (χ0v) is 13.9. The second kappa shape index (κ2) is 5.08. The van der Waals surface area contributed by atoms with Gasteiger partial charge in [0.05, 0.1) is 5.56 Å². The van der Waals surface area contributed by atoms with Gasteiger partial charge in [0, 0.05) is 0 Å². The van der Waals surface area contributed by atoms with Gasteiger partial charge in [0.2, 0.25) is 17.2 Å². The maximum atomic E-state index is 10.4. The molecule has 0 spiro atoms. The molecule has 0 aliphatic heterocycles. The van der Waals surface area contributed by atoms with Gasteiger partial charge in [0.15, 0.2) is 11.5 Å². The second-order valence-corrected chi connectivity index (χ2v) is 6.59. The van der Waals surface area contributed by atoms with Crippen LogP contribution < -0.4 is 0 Å². The average Bonchev–Trinajstić information content (AvgIpc) is 2.70. The van der Waals surface area contributed by atoms with Crippen molar-refractivity contribution in [2.75, 3.05) is 0 Å². The van der Waals surface area contributed by atoms with Crippen LogP contribution in [0, 0.1) is 0 Å². The van der Waals surface area contributed by atoms with E-state index in [0.29, 0.717) is 5.56 Å². The van der Waals surface area contributed by atoms with E-state index in [1.807, 2.05) is 48.5 Å². The third-order valence-corrected chi connectivity index (χ3v) is 5.17. The minimum Gasteiger partial charge on any atom is -0.504 e. The van der Waals surface area contributed by atoms with E-state index in [2.05, 4.69) is 0 Å². The van der Waals surface area contributed by atoms with Crippen molar-refractivity contribution in [2.45, 2.75) is 0 Å². The highest BCUT2D eigenvalue weighted by molar-refractivity contribution is 6.25. The van der Waals surface area contributed by atoms with Crippen molar-refractivity contribution in [1.29, 1.82) is 0 Å². The molecule has 0 aromatic heterocycles. The van der Waals surface area contributed by atoms with E-state index in [1.54, 1.807) is 6.07 Å². The molecule has 0 saturated carbocycles. The fourth-order valence-corrected chi connectivity index (χ4v) is 3.89. The lowest BCUT2D eigenvalue weighted by Crippen LogP contribution is -1.89. The fraction of sp³-hybridized carbons (Fsp3) is 0. The molecule has 0 fully saturated rings. The zero-order chi connectivity index (χ0) is 18.9. The predicted molar refractivity (Wildman–Crippen MR) is 104 cm³/mol. The number of phenols is 5. The topological polar surface area (TPSA) is 101 Å². The van der Waals surface area contributed by atoms with Gasteiger partial charge >= 0.3 is 0 Å². The van der Waals surface area contributed by atoms with Gasteiger partial charge < -0.3 is 25.5 Å². The highest BCUT2D eigenvalue weighted by atomic mass is 16.4. The maximum Gasteiger partial charge on any atom is 0.208 e. The molecule has 5 heteroatoms. The summed E-state index contributed by atoms with van der Waals surface area (Å²) < 4.78 is 0. The Morgan fingerprint density at radius 2 is 0.926 bits per heavy atom. The van der Waals surface area contributed by atoms with E-state index in [9.17, 15) is 25.5 Å². The lowest BCUT2D eigenvalue weighted by atomic mass is 9.89. The number of hydrogen-bond acceptors (Lipinski definition) is 5. The standard InChI is InChI=1S/C22H14O5/c23-18-17(19(24)21(26)22(27)20(18)25)14-9-7-12-5-4-10-2-1-3-11-6-8-13(14)16(12)15(10)11/h1-9,23-27H. The molecule has 0 bridgehead atoms. The van der Waals surface area contributed by atoms with Gasteiger partial charge in [-0.15, -0.1) is 0 Å². The SMILES string of the molecule is Oc1c(O)c(O)c(-c2ccc3ccc4cccc5ccc2c3c45)c(O)c1O. The summed E-state index contributed by atoms with van der Waals surface area (Å²) in [7, 11) is 0. The molecule has 5 N–H and O–H groups in total. The van der Waals surface area contributed by atoms with Crippen molar-refractivity contribution in [3.05, 3.63) is 54.6 Å². The first-order chi connectivity index (χ1) is 13.0. The molecule has 0 radical (unpaired) electrons. The first-order valence-electron chi connectivity index (χ1n) is 8.34. The Morgan fingerprint density at radius 3 is 1.56 bits per heavy atom. The summed E-state index contributed by atoms with van der Waals surface area (Å²) >= 11 is 0. The fourth-order valence-electron chi connectivity index (χ4n) is 3.89. The van der Waals surface area contributed by atoms with Crippen LogP contribution in [0.2, 0.25) is 0 Å². The summed E-state index contributed by atoms with van der Waals surface area (Å²) in [6.45, 7) is 0. The van der Waals surface area contributed by atoms with Gasteiger partial charge in [-0.05, 0) is 37.9 Å². The van der Waals surface area contributed by atoms with Crippen LogP contribution in [0.1, 0.15) is 0 Å². The van der Waals surface area contributed by atoms with Gasteiger partial charge in [-0.25, -0.2) is 0 Å². The van der Waals surface area contributed by atoms with Gasteiger partial charge in [-0.2, -0.15) is 0 Å². The summed E-state index contributed by atoms with van der Waals surface area (Å²) in [6, 6.07) is 17.4. The smallest absolute Gasteiger partial charge is 0.208 e. The Kier molecular flexibility index (Phi) is 2.90. The average molecular weight is 358 g/mol. The van der Waals surface area contributed by atoms with Crippen molar-refractivity contribution < 1.29 is 25.5 Å². The van der Waals surface area contributed by atoms with Crippen LogP contribution in [0.4, 0.5) is 0 Å². The van der Waals surface area contributed by atoms with Crippen molar-refractivity contribution in [1.82, 2.24) is 0 Å².